The van der Waals surface area contributed by atoms with Crippen molar-refractivity contribution in [3.8, 4) is 5.75 Å². The summed E-state index contributed by atoms with van der Waals surface area (Å²) in [6, 6.07) is 16.4. The van der Waals surface area contributed by atoms with E-state index in [2.05, 4.69) is 5.32 Å². The molecule has 0 aliphatic heterocycles. The summed E-state index contributed by atoms with van der Waals surface area (Å²) < 4.78 is 5.66. The van der Waals surface area contributed by atoms with Crippen molar-refractivity contribution in [2.24, 2.45) is 5.92 Å². The molecule has 7 heteroatoms. The van der Waals surface area contributed by atoms with Crippen LogP contribution < -0.4 is 15.5 Å². The Balaban J connectivity index is 1.81. The van der Waals surface area contributed by atoms with E-state index in [0.29, 0.717) is 17.9 Å². The minimum atomic E-state index is -0.657. The Morgan fingerprint density at radius 1 is 1.04 bits per heavy atom. The second-order valence-corrected chi connectivity index (χ2v) is 6.08. The fraction of sp³-hybridized carbons (Fsp3) is 0.250. The molecule has 0 heterocycles. The lowest BCUT2D eigenvalue weighted by Crippen LogP contribution is -2.35. The number of carbonyl (C=O) groups excluding carboxylic acids is 3. The number of Topliss-reactive ketones (excluding diaryl/α,β-unsaturated/α-hetero) is 1. The maximum atomic E-state index is 12.2. The Kier molecular flexibility index (Phi) is 7.51. The predicted octanol–water partition coefficient (Wildman–Crippen LogP) is 2.10. The minimum absolute atomic E-state index is 0.163. The number of hydrogen-bond donors (Lipinski definition) is 3. The van der Waals surface area contributed by atoms with Crippen LogP contribution in [-0.2, 0) is 16.2 Å². The van der Waals surface area contributed by atoms with Crippen molar-refractivity contribution in [3.63, 3.8) is 0 Å². The second-order valence-electron chi connectivity index (χ2n) is 6.08. The maximum Gasteiger partial charge on any atom is 0.244 e. The van der Waals surface area contributed by atoms with Gasteiger partial charge in [-0.2, -0.15) is 0 Å². The van der Waals surface area contributed by atoms with Crippen LogP contribution in [0.5, 0.6) is 5.75 Å². The number of hydrogen-bond acceptors (Lipinski definition) is 5. The van der Waals surface area contributed by atoms with Crippen LogP contribution in [0.25, 0.3) is 0 Å². The molecule has 0 fully saturated rings. The van der Waals surface area contributed by atoms with Gasteiger partial charge in [0.2, 0.25) is 11.8 Å². The van der Waals surface area contributed by atoms with E-state index in [4.69, 9.17) is 9.94 Å². The fourth-order valence-electron chi connectivity index (χ4n) is 2.34. The lowest BCUT2D eigenvalue weighted by Gasteiger charge is -2.11. The number of hydroxylamine groups is 1. The average molecular weight is 370 g/mol. The van der Waals surface area contributed by atoms with Crippen LogP contribution in [0.1, 0.15) is 29.3 Å². The molecule has 142 valence electrons. The van der Waals surface area contributed by atoms with Gasteiger partial charge < -0.3 is 10.1 Å². The van der Waals surface area contributed by atoms with Gasteiger partial charge in [-0.15, -0.1) is 0 Å². The Hall–Kier alpha value is -3.19. The molecule has 7 nitrogen and oxygen atoms in total. The summed E-state index contributed by atoms with van der Waals surface area (Å²) in [5, 5.41) is 11.0. The van der Waals surface area contributed by atoms with Gasteiger partial charge in [-0.25, -0.2) is 5.48 Å². The SMILES string of the molecule is C[C@H](CC(=O)NO)C(=O)NCC(=O)c1ccc(OCc2ccccc2)cc1. The summed E-state index contributed by atoms with van der Waals surface area (Å²) in [5.41, 5.74) is 2.96. The topological polar surface area (TPSA) is 105 Å². The molecule has 1 atom stereocenters. The number of ether oxygens (including phenoxy) is 1. The minimum Gasteiger partial charge on any atom is -0.489 e. The lowest BCUT2D eigenvalue weighted by molar-refractivity contribution is -0.134. The predicted molar refractivity (Wildman–Crippen MR) is 98.3 cm³/mol. The van der Waals surface area contributed by atoms with E-state index < -0.39 is 17.7 Å². The van der Waals surface area contributed by atoms with Gasteiger partial charge in [-0.1, -0.05) is 37.3 Å². The summed E-state index contributed by atoms with van der Waals surface area (Å²) in [6.45, 7) is 1.80. The monoisotopic (exact) mass is 370 g/mol. The first-order valence-corrected chi connectivity index (χ1v) is 8.50. The molecule has 0 unspecified atom stereocenters. The number of amides is 2. The third-order valence-corrected chi connectivity index (χ3v) is 3.91. The number of nitrogens with one attached hydrogen (secondary N) is 2. The van der Waals surface area contributed by atoms with E-state index in [0.717, 1.165) is 5.56 Å². The normalized spacial score (nSPS) is 11.3. The highest BCUT2D eigenvalue weighted by Gasteiger charge is 2.17. The van der Waals surface area contributed by atoms with Gasteiger partial charge in [0.1, 0.15) is 12.4 Å². The zero-order valence-electron chi connectivity index (χ0n) is 15.0. The molecule has 0 bridgehead atoms. The van der Waals surface area contributed by atoms with Crippen LogP contribution in [0.4, 0.5) is 0 Å². The van der Waals surface area contributed by atoms with Crippen molar-refractivity contribution in [2.75, 3.05) is 6.54 Å². The van der Waals surface area contributed by atoms with Crippen molar-refractivity contribution in [1.82, 2.24) is 10.8 Å². The molecule has 0 spiro atoms. The molecule has 2 rings (SSSR count). The third kappa shape index (κ3) is 6.56. The van der Waals surface area contributed by atoms with E-state index in [1.165, 1.54) is 12.4 Å². The quantitative estimate of drug-likeness (QED) is 0.356. The van der Waals surface area contributed by atoms with E-state index in [-0.39, 0.29) is 18.7 Å². The largest absolute Gasteiger partial charge is 0.489 e. The van der Waals surface area contributed by atoms with Crippen LogP contribution in [0.15, 0.2) is 54.6 Å². The van der Waals surface area contributed by atoms with Crippen LogP contribution in [-0.4, -0.2) is 29.3 Å². The van der Waals surface area contributed by atoms with Gasteiger partial charge in [0.15, 0.2) is 5.78 Å². The molecule has 0 radical (unpaired) electrons. The second kappa shape index (κ2) is 10.1. The molecule has 2 amide bonds. The molecule has 0 aliphatic rings. The molecular weight excluding hydrogens is 348 g/mol. The van der Waals surface area contributed by atoms with E-state index >= 15 is 0 Å². The molecule has 0 aliphatic carbocycles. The van der Waals surface area contributed by atoms with Crippen molar-refractivity contribution in [1.29, 1.82) is 0 Å². The standard InChI is InChI=1S/C20H22N2O5/c1-14(11-19(24)22-26)20(25)21-12-18(23)16-7-9-17(10-8-16)27-13-15-5-3-2-4-6-15/h2-10,14,26H,11-13H2,1H3,(H,21,25)(H,22,24)/t14-/m1/s1. The van der Waals surface area contributed by atoms with Gasteiger partial charge >= 0.3 is 0 Å². The van der Waals surface area contributed by atoms with Crippen molar-refractivity contribution < 1.29 is 24.3 Å². The summed E-state index contributed by atoms with van der Waals surface area (Å²) in [6.07, 6.45) is -0.163. The fourth-order valence-corrected chi connectivity index (χ4v) is 2.34. The van der Waals surface area contributed by atoms with Crippen LogP contribution >= 0.6 is 0 Å². The Morgan fingerprint density at radius 3 is 2.33 bits per heavy atom. The van der Waals surface area contributed by atoms with Gasteiger partial charge in [0.25, 0.3) is 0 Å². The number of benzene rings is 2. The van der Waals surface area contributed by atoms with Crippen LogP contribution in [0.3, 0.4) is 0 Å². The number of rotatable bonds is 9. The van der Waals surface area contributed by atoms with Crippen molar-refractivity contribution in [2.45, 2.75) is 20.0 Å². The first-order valence-electron chi connectivity index (χ1n) is 8.50. The van der Waals surface area contributed by atoms with Gasteiger partial charge in [-0.3, -0.25) is 19.6 Å². The molecule has 2 aromatic rings. The maximum absolute atomic E-state index is 12.2. The average Bonchev–Trinajstić information content (AvgIpc) is 2.71. The molecule has 0 saturated carbocycles. The lowest BCUT2D eigenvalue weighted by atomic mass is 10.1. The van der Waals surface area contributed by atoms with Gasteiger partial charge in [-0.05, 0) is 29.8 Å². The zero-order chi connectivity index (χ0) is 19.6. The van der Waals surface area contributed by atoms with Crippen LogP contribution in [0.2, 0.25) is 0 Å². The molecule has 3 N–H and O–H groups in total. The van der Waals surface area contributed by atoms with Gasteiger partial charge in [0.05, 0.1) is 6.54 Å². The number of ketones is 1. The molecule has 2 aromatic carbocycles. The Bertz CT molecular complexity index is 775. The summed E-state index contributed by atoms with van der Waals surface area (Å²) in [4.78, 5) is 35.1. The number of carbonyl (C=O) groups is 3. The van der Waals surface area contributed by atoms with E-state index in [9.17, 15) is 14.4 Å². The highest BCUT2D eigenvalue weighted by molar-refractivity contribution is 5.99. The highest BCUT2D eigenvalue weighted by atomic mass is 16.5. The molecular formula is C20H22N2O5. The highest BCUT2D eigenvalue weighted by Crippen LogP contribution is 2.14. The molecule has 27 heavy (non-hydrogen) atoms. The van der Waals surface area contributed by atoms with Crippen molar-refractivity contribution >= 4 is 17.6 Å². The first-order chi connectivity index (χ1) is 13.0. The van der Waals surface area contributed by atoms with E-state index in [1.54, 1.807) is 24.3 Å². The third-order valence-electron chi connectivity index (χ3n) is 3.91. The van der Waals surface area contributed by atoms with Crippen molar-refractivity contribution in [3.05, 3.63) is 65.7 Å². The van der Waals surface area contributed by atoms with E-state index in [1.807, 2.05) is 30.3 Å². The van der Waals surface area contributed by atoms with Gasteiger partial charge in [0, 0.05) is 17.9 Å². The summed E-state index contributed by atoms with van der Waals surface area (Å²) in [5.74, 6) is -1.36. The summed E-state index contributed by atoms with van der Waals surface area (Å²) >= 11 is 0. The zero-order valence-corrected chi connectivity index (χ0v) is 15.0. The molecule has 0 saturated heterocycles. The Morgan fingerprint density at radius 2 is 1.70 bits per heavy atom. The van der Waals surface area contributed by atoms with Crippen LogP contribution in [0, 0.1) is 5.92 Å². The first kappa shape index (κ1) is 20.1. The molecule has 0 aromatic heterocycles. The summed E-state index contributed by atoms with van der Waals surface area (Å²) in [7, 11) is 0. The smallest absolute Gasteiger partial charge is 0.244 e. The Labute approximate surface area is 157 Å².